The van der Waals surface area contributed by atoms with Crippen molar-refractivity contribution >= 4 is 17.8 Å². The van der Waals surface area contributed by atoms with Gasteiger partial charge in [0.1, 0.15) is 18.4 Å². The number of nitrogens with one attached hydrogen (secondary N) is 2. The van der Waals surface area contributed by atoms with E-state index in [9.17, 15) is 14.4 Å². The molecular weight excluding hydrogens is 454 g/mol. The number of benzene rings is 3. The molecule has 186 valence electrons. The molecule has 2 amide bonds. The Morgan fingerprint density at radius 3 is 2.06 bits per heavy atom. The van der Waals surface area contributed by atoms with Crippen LogP contribution in [0.5, 0.6) is 0 Å². The first-order valence-electron chi connectivity index (χ1n) is 12.1. The zero-order chi connectivity index (χ0) is 25.5. The summed E-state index contributed by atoms with van der Waals surface area (Å²) in [5, 5.41) is 5.49. The Bertz CT molecular complexity index is 1190. The lowest BCUT2D eigenvalue weighted by atomic mass is 9.98. The molecule has 36 heavy (non-hydrogen) atoms. The summed E-state index contributed by atoms with van der Waals surface area (Å²) >= 11 is 0. The molecule has 0 saturated heterocycles. The van der Waals surface area contributed by atoms with Gasteiger partial charge in [-0.2, -0.15) is 0 Å². The molecule has 7 nitrogen and oxygen atoms in total. The summed E-state index contributed by atoms with van der Waals surface area (Å²) in [7, 11) is 0. The second-order valence-electron chi connectivity index (χ2n) is 9.00. The summed E-state index contributed by atoms with van der Waals surface area (Å²) in [4.78, 5) is 37.1. The van der Waals surface area contributed by atoms with Gasteiger partial charge in [0.25, 0.3) is 0 Å². The minimum Gasteiger partial charge on any atom is -0.449 e. The van der Waals surface area contributed by atoms with Gasteiger partial charge in [-0.15, -0.1) is 0 Å². The Morgan fingerprint density at radius 1 is 0.889 bits per heavy atom. The second-order valence-corrected chi connectivity index (χ2v) is 9.00. The first kappa shape index (κ1) is 25.1. The fourth-order valence-electron chi connectivity index (χ4n) is 4.50. The zero-order valence-corrected chi connectivity index (χ0v) is 20.3. The average molecular weight is 486 g/mol. The summed E-state index contributed by atoms with van der Waals surface area (Å²) in [6.45, 7) is 2.35. The van der Waals surface area contributed by atoms with Crippen LogP contribution in [0.4, 0.5) is 4.79 Å². The Balaban J connectivity index is 1.37. The molecule has 1 aliphatic rings. The minimum absolute atomic E-state index is 0.0560. The van der Waals surface area contributed by atoms with Crippen molar-refractivity contribution in [2.75, 3.05) is 6.61 Å². The van der Waals surface area contributed by atoms with Crippen molar-refractivity contribution in [2.24, 2.45) is 5.73 Å². The second kappa shape index (κ2) is 11.6. The summed E-state index contributed by atoms with van der Waals surface area (Å²) in [6.07, 6.45) is -0.322. The standard InChI is InChI=1S/C29H31N3O4/c1-19(33)10-15-27(28(34)31-17-21-13-11-20(16-30)12-14-21)32-29(35)36-18-26-24-8-4-2-6-22(24)23-7-3-5-9-25(23)26/h2-9,11-14,26-27H,10,15-18,30H2,1H3,(H,31,34)(H,32,35)/t27-/m1/s1. The van der Waals surface area contributed by atoms with Gasteiger partial charge in [0.2, 0.25) is 5.91 Å². The first-order chi connectivity index (χ1) is 17.5. The Labute approximate surface area is 211 Å². The van der Waals surface area contributed by atoms with Crippen LogP contribution in [0.25, 0.3) is 11.1 Å². The summed E-state index contributed by atoms with van der Waals surface area (Å²) in [5.41, 5.74) is 12.0. The molecule has 4 rings (SSSR count). The third-order valence-electron chi connectivity index (χ3n) is 6.46. The fraction of sp³-hybridized carbons (Fsp3) is 0.276. The lowest BCUT2D eigenvalue weighted by Crippen LogP contribution is -2.47. The van der Waals surface area contributed by atoms with Crippen molar-refractivity contribution in [3.63, 3.8) is 0 Å². The quantitative estimate of drug-likeness (QED) is 0.401. The number of hydrogen-bond acceptors (Lipinski definition) is 5. The lowest BCUT2D eigenvalue weighted by molar-refractivity contribution is -0.123. The maximum atomic E-state index is 12.9. The maximum Gasteiger partial charge on any atom is 0.407 e. The minimum atomic E-state index is -0.882. The van der Waals surface area contributed by atoms with Gasteiger partial charge in [-0.25, -0.2) is 4.79 Å². The van der Waals surface area contributed by atoms with Crippen LogP contribution in [0.1, 0.15) is 47.9 Å². The van der Waals surface area contributed by atoms with E-state index in [1.54, 1.807) is 0 Å². The van der Waals surface area contributed by atoms with Crippen LogP contribution >= 0.6 is 0 Å². The molecule has 0 aliphatic heterocycles. The highest BCUT2D eigenvalue weighted by molar-refractivity contribution is 5.86. The molecule has 0 bridgehead atoms. The number of ketones is 1. The van der Waals surface area contributed by atoms with Gasteiger partial charge in [-0.1, -0.05) is 72.8 Å². The number of fused-ring (bicyclic) bond motifs is 3. The molecule has 0 aromatic heterocycles. The predicted octanol–water partition coefficient (Wildman–Crippen LogP) is 4.04. The SMILES string of the molecule is CC(=O)CC[C@@H](NC(=O)OCC1c2ccccc2-c2ccccc21)C(=O)NCc1ccc(CN)cc1. The fourth-order valence-corrected chi connectivity index (χ4v) is 4.50. The van der Waals surface area contributed by atoms with Crippen LogP contribution in [-0.2, 0) is 27.4 Å². The number of Topliss-reactive ketones (excluding diaryl/α,β-unsaturated/α-hetero) is 1. The first-order valence-corrected chi connectivity index (χ1v) is 12.1. The molecule has 3 aromatic rings. The molecule has 0 unspecified atom stereocenters. The molecular formula is C29H31N3O4. The van der Waals surface area contributed by atoms with Gasteiger partial charge in [0.15, 0.2) is 0 Å². The van der Waals surface area contributed by atoms with Crippen molar-refractivity contribution in [3.05, 3.63) is 95.1 Å². The van der Waals surface area contributed by atoms with Crippen LogP contribution in [-0.4, -0.2) is 30.4 Å². The lowest BCUT2D eigenvalue weighted by Gasteiger charge is -2.19. The van der Waals surface area contributed by atoms with Gasteiger partial charge >= 0.3 is 6.09 Å². The van der Waals surface area contributed by atoms with Crippen LogP contribution in [0.3, 0.4) is 0 Å². The van der Waals surface area contributed by atoms with Crippen LogP contribution < -0.4 is 16.4 Å². The number of ether oxygens (including phenoxy) is 1. The highest BCUT2D eigenvalue weighted by atomic mass is 16.5. The van der Waals surface area contributed by atoms with Crippen molar-refractivity contribution in [3.8, 4) is 11.1 Å². The van der Waals surface area contributed by atoms with Crippen molar-refractivity contribution in [1.82, 2.24) is 10.6 Å². The number of hydrogen-bond donors (Lipinski definition) is 3. The van der Waals surface area contributed by atoms with E-state index < -0.39 is 12.1 Å². The number of carbonyl (C=O) groups excluding carboxylic acids is 3. The van der Waals surface area contributed by atoms with E-state index in [1.165, 1.54) is 6.92 Å². The number of amides is 2. The van der Waals surface area contributed by atoms with Gasteiger partial charge in [0, 0.05) is 25.4 Å². The normalized spacial score (nSPS) is 12.8. The Hall–Kier alpha value is -3.97. The summed E-state index contributed by atoms with van der Waals surface area (Å²) in [6, 6.07) is 22.9. The van der Waals surface area contributed by atoms with Crippen molar-refractivity contribution in [1.29, 1.82) is 0 Å². The topological polar surface area (TPSA) is 111 Å². The largest absolute Gasteiger partial charge is 0.449 e. The van der Waals surface area contributed by atoms with Crippen molar-refractivity contribution < 1.29 is 19.1 Å². The number of alkyl carbamates (subject to hydrolysis) is 1. The molecule has 1 atom stereocenters. The zero-order valence-electron chi connectivity index (χ0n) is 20.3. The van der Waals surface area contributed by atoms with Crippen LogP contribution in [0.2, 0.25) is 0 Å². The Morgan fingerprint density at radius 2 is 1.47 bits per heavy atom. The van der Waals surface area contributed by atoms with E-state index in [2.05, 4.69) is 22.8 Å². The molecule has 1 aliphatic carbocycles. The summed E-state index contributed by atoms with van der Waals surface area (Å²) < 4.78 is 5.59. The average Bonchev–Trinajstić information content (AvgIpc) is 3.22. The molecule has 0 fully saturated rings. The van der Waals surface area contributed by atoms with Gasteiger partial charge < -0.3 is 25.9 Å². The van der Waals surface area contributed by atoms with Gasteiger partial charge in [0.05, 0.1) is 0 Å². The summed E-state index contributed by atoms with van der Waals surface area (Å²) in [5.74, 6) is -0.503. The third kappa shape index (κ3) is 5.98. The molecule has 3 aromatic carbocycles. The molecule has 0 spiro atoms. The van der Waals surface area contributed by atoms with Crippen LogP contribution in [0.15, 0.2) is 72.8 Å². The van der Waals surface area contributed by atoms with E-state index in [1.807, 2.05) is 60.7 Å². The number of nitrogens with two attached hydrogens (primary N) is 1. The number of rotatable bonds is 10. The monoisotopic (exact) mass is 485 g/mol. The van der Waals surface area contributed by atoms with Crippen molar-refractivity contribution in [2.45, 2.75) is 44.8 Å². The van der Waals surface area contributed by atoms with E-state index in [0.717, 1.165) is 33.4 Å². The van der Waals surface area contributed by atoms with Gasteiger partial charge in [-0.3, -0.25) is 4.79 Å². The molecule has 0 heterocycles. The van der Waals surface area contributed by atoms with E-state index in [4.69, 9.17) is 10.5 Å². The van der Waals surface area contributed by atoms with Gasteiger partial charge in [-0.05, 0) is 46.7 Å². The van der Waals surface area contributed by atoms with E-state index in [-0.39, 0.29) is 37.1 Å². The smallest absolute Gasteiger partial charge is 0.407 e. The molecule has 0 saturated carbocycles. The molecule has 4 N–H and O–H groups in total. The molecule has 7 heteroatoms. The predicted molar refractivity (Wildman–Crippen MR) is 138 cm³/mol. The Kier molecular flexibility index (Phi) is 8.13. The number of carbonyl (C=O) groups is 3. The maximum absolute atomic E-state index is 12.9. The molecule has 0 radical (unpaired) electrons. The third-order valence-corrected chi connectivity index (χ3v) is 6.46. The highest BCUT2D eigenvalue weighted by Crippen LogP contribution is 2.44. The highest BCUT2D eigenvalue weighted by Gasteiger charge is 2.29. The van der Waals surface area contributed by atoms with E-state index in [0.29, 0.717) is 13.1 Å². The van der Waals surface area contributed by atoms with E-state index >= 15 is 0 Å². The van der Waals surface area contributed by atoms with Crippen LogP contribution in [0, 0.1) is 0 Å².